The van der Waals surface area contributed by atoms with Crippen LogP contribution in [0.25, 0.3) is 16.9 Å². The van der Waals surface area contributed by atoms with Crippen molar-refractivity contribution in [1.29, 1.82) is 0 Å². The summed E-state index contributed by atoms with van der Waals surface area (Å²) in [5, 5.41) is 3.91. The molecule has 2 N–H and O–H groups in total. The molecule has 0 aliphatic carbocycles. The fourth-order valence-corrected chi connectivity index (χ4v) is 3.20. The summed E-state index contributed by atoms with van der Waals surface area (Å²) in [6.07, 6.45) is 0.901. The van der Waals surface area contributed by atoms with E-state index >= 15 is 0 Å². The Labute approximate surface area is 182 Å². The van der Waals surface area contributed by atoms with Gasteiger partial charge in [0.2, 0.25) is 5.75 Å². The summed E-state index contributed by atoms with van der Waals surface area (Å²) in [5.41, 5.74) is 6.54. The Morgan fingerprint density at radius 2 is 1.72 bits per heavy atom. The minimum atomic E-state index is -1.92. The van der Waals surface area contributed by atoms with Crippen molar-refractivity contribution >= 4 is 0 Å². The molecule has 0 unspecified atom stereocenters. The molecule has 0 bridgehead atoms. The van der Waals surface area contributed by atoms with Crippen molar-refractivity contribution in [2.45, 2.75) is 13.5 Å². The molecular weight excluding hydrogens is 424 g/mol. The van der Waals surface area contributed by atoms with Gasteiger partial charge in [-0.15, -0.1) is 0 Å². The standard InChI is InChI=1S/C21H23F2N5O4/c1-12-5-14(13-6-16(30-2)18(32-4)17(7-13)31-3)9-25-20(12)27-11-26-28(21(27)29)10-15(8-24)19(22)23/h5-7,9,11H,8,10,24H2,1-4H3. The highest BCUT2D eigenvalue weighted by Crippen LogP contribution is 2.41. The van der Waals surface area contributed by atoms with E-state index in [1.54, 1.807) is 25.3 Å². The molecule has 0 atom stereocenters. The van der Waals surface area contributed by atoms with Crippen molar-refractivity contribution in [2.75, 3.05) is 27.9 Å². The van der Waals surface area contributed by atoms with Gasteiger partial charge in [0.1, 0.15) is 12.1 Å². The summed E-state index contributed by atoms with van der Waals surface area (Å²) in [4.78, 5) is 17.1. The maximum atomic E-state index is 12.9. The molecule has 3 rings (SSSR count). The molecule has 2 aromatic heterocycles. The summed E-state index contributed by atoms with van der Waals surface area (Å²) in [6, 6.07) is 5.40. The van der Waals surface area contributed by atoms with Gasteiger partial charge in [-0.05, 0) is 36.2 Å². The third-order valence-corrected chi connectivity index (χ3v) is 4.86. The molecule has 0 radical (unpaired) electrons. The van der Waals surface area contributed by atoms with Gasteiger partial charge >= 0.3 is 5.69 Å². The highest BCUT2D eigenvalue weighted by molar-refractivity contribution is 5.71. The maximum Gasteiger partial charge on any atom is 0.351 e. The largest absolute Gasteiger partial charge is 0.493 e. The minimum absolute atomic E-state index is 0.330. The van der Waals surface area contributed by atoms with Crippen LogP contribution in [0.1, 0.15) is 5.56 Å². The fraction of sp³-hybridized carbons (Fsp3) is 0.286. The molecule has 0 fully saturated rings. The molecule has 32 heavy (non-hydrogen) atoms. The third kappa shape index (κ3) is 4.33. The van der Waals surface area contributed by atoms with Crippen molar-refractivity contribution in [1.82, 2.24) is 19.3 Å². The second kappa shape index (κ2) is 9.60. The first-order valence-electron chi connectivity index (χ1n) is 9.49. The molecule has 2 heterocycles. The van der Waals surface area contributed by atoms with E-state index in [1.807, 2.05) is 6.07 Å². The first kappa shape index (κ1) is 22.9. The van der Waals surface area contributed by atoms with Crippen molar-refractivity contribution in [3.63, 3.8) is 0 Å². The Balaban J connectivity index is 2.00. The molecule has 0 saturated carbocycles. The van der Waals surface area contributed by atoms with Crippen LogP contribution in [0.4, 0.5) is 8.78 Å². The van der Waals surface area contributed by atoms with E-state index in [9.17, 15) is 13.6 Å². The van der Waals surface area contributed by atoms with Gasteiger partial charge in [0.15, 0.2) is 11.5 Å². The van der Waals surface area contributed by atoms with Crippen LogP contribution < -0.4 is 25.6 Å². The predicted molar refractivity (Wildman–Crippen MR) is 114 cm³/mol. The fourth-order valence-electron chi connectivity index (χ4n) is 3.20. The number of hydrogen-bond donors (Lipinski definition) is 1. The van der Waals surface area contributed by atoms with Crippen molar-refractivity contribution in [3.05, 3.63) is 58.4 Å². The van der Waals surface area contributed by atoms with E-state index in [2.05, 4.69) is 10.1 Å². The van der Waals surface area contributed by atoms with Crippen LogP contribution in [0.5, 0.6) is 17.2 Å². The molecule has 0 aliphatic heterocycles. The number of nitrogens with two attached hydrogens (primary N) is 1. The molecule has 11 heteroatoms. The Morgan fingerprint density at radius 1 is 1.06 bits per heavy atom. The molecule has 0 spiro atoms. The topological polar surface area (TPSA) is 106 Å². The Hall–Kier alpha value is -3.73. The molecule has 1 aromatic carbocycles. The van der Waals surface area contributed by atoms with Crippen LogP contribution in [0, 0.1) is 6.92 Å². The van der Waals surface area contributed by atoms with Crippen LogP contribution in [0.3, 0.4) is 0 Å². The number of aromatic nitrogens is 4. The second-order valence-electron chi connectivity index (χ2n) is 6.79. The number of halogens is 2. The first-order valence-corrected chi connectivity index (χ1v) is 9.49. The van der Waals surface area contributed by atoms with E-state index in [-0.39, 0.29) is 12.1 Å². The van der Waals surface area contributed by atoms with E-state index < -0.39 is 18.3 Å². The van der Waals surface area contributed by atoms with Gasteiger partial charge in [0.25, 0.3) is 6.08 Å². The summed E-state index contributed by atoms with van der Waals surface area (Å²) >= 11 is 0. The number of hydrogen-bond acceptors (Lipinski definition) is 7. The highest BCUT2D eigenvalue weighted by Gasteiger charge is 2.17. The first-order chi connectivity index (χ1) is 15.3. The lowest BCUT2D eigenvalue weighted by Gasteiger charge is -2.15. The Morgan fingerprint density at radius 3 is 2.22 bits per heavy atom. The lowest BCUT2D eigenvalue weighted by Crippen LogP contribution is -2.27. The molecule has 3 aromatic rings. The van der Waals surface area contributed by atoms with E-state index in [0.29, 0.717) is 28.6 Å². The van der Waals surface area contributed by atoms with Gasteiger partial charge in [-0.1, -0.05) is 0 Å². The number of nitrogens with zero attached hydrogens (tertiary/aromatic N) is 4. The molecule has 0 amide bonds. The Kier molecular flexibility index (Phi) is 6.89. The van der Waals surface area contributed by atoms with Crippen molar-refractivity contribution in [2.24, 2.45) is 5.73 Å². The summed E-state index contributed by atoms with van der Waals surface area (Å²) in [5.74, 6) is 1.78. The van der Waals surface area contributed by atoms with Crippen molar-refractivity contribution in [3.8, 4) is 34.2 Å². The second-order valence-corrected chi connectivity index (χ2v) is 6.79. The maximum absolute atomic E-state index is 12.9. The summed E-state index contributed by atoms with van der Waals surface area (Å²) < 4.78 is 44.0. The van der Waals surface area contributed by atoms with E-state index in [1.165, 1.54) is 32.2 Å². The number of ether oxygens (including phenoxy) is 3. The van der Waals surface area contributed by atoms with Crippen LogP contribution in [-0.4, -0.2) is 47.2 Å². The molecule has 0 saturated heterocycles. The molecule has 0 aliphatic rings. The van der Waals surface area contributed by atoms with Gasteiger partial charge in [0, 0.05) is 23.9 Å². The van der Waals surface area contributed by atoms with Crippen LogP contribution >= 0.6 is 0 Å². The predicted octanol–water partition coefficient (Wildman–Crippen LogP) is 2.54. The zero-order valence-electron chi connectivity index (χ0n) is 18.1. The molecule has 170 valence electrons. The summed E-state index contributed by atoms with van der Waals surface area (Å²) in [6.45, 7) is 1.01. The van der Waals surface area contributed by atoms with E-state index in [4.69, 9.17) is 19.9 Å². The van der Waals surface area contributed by atoms with Crippen LogP contribution in [-0.2, 0) is 6.54 Å². The zero-order valence-corrected chi connectivity index (χ0v) is 18.1. The number of aryl methyl sites for hydroxylation is 1. The average Bonchev–Trinajstić information content (AvgIpc) is 3.15. The number of benzene rings is 1. The SMILES string of the molecule is COc1cc(-c2cnc(-n3cnn(CC(CN)=C(F)F)c3=O)c(C)c2)cc(OC)c1OC. The lowest BCUT2D eigenvalue weighted by atomic mass is 10.0. The van der Waals surface area contributed by atoms with Crippen LogP contribution in [0.15, 0.2) is 47.2 Å². The van der Waals surface area contributed by atoms with Crippen molar-refractivity contribution < 1.29 is 23.0 Å². The zero-order chi connectivity index (χ0) is 23.4. The number of rotatable bonds is 8. The highest BCUT2D eigenvalue weighted by atomic mass is 19.3. The van der Waals surface area contributed by atoms with Gasteiger partial charge in [0.05, 0.1) is 27.9 Å². The van der Waals surface area contributed by atoms with E-state index in [0.717, 1.165) is 15.8 Å². The normalized spacial score (nSPS) is 10.7. The lowest BCUT2D eigenvalue weighted by molar-refractivity contribution is 0.324. The number of pyridine rings is 1. The van der Waals surface area contributed by atoms with Gasteiger partial charge in [-0.25, -0.2) is 19.0 Å². The van der Waals surface area contributed by atoms with Gasteiger partial charge in [-0.3, -0.25) is 0 Å². The number of methoxy groups -OCH3 is 3. The summed E-state index contributed by atoms with van der Waals surface area (Å²) in [7, 11) is 4.57. The third-order valence-electron chi connectivity index (χ3n) is 4.86. The quantitative estimate of drug-likeness (QED) is 0.566. The Bertz CT molecular complexity index is 1190. The molecular formula is C21H23F2N5O4. The van der Waals surface area contributed by atoms with Gasteiger partial charge in [-0.2, -0.15) is 13.9 Å². The average molecular weight is 447 g/mol. The van der Waals surface area contributed by atoms with Crippen LogP contribution in [0.2, 0.25) is 0 Å². The monoisotopic (exact) mass is 447 g/mol. The smallest absolute Gasteiger partial charge is 0.351 e. The van der Waals surface area contributed by atoms with Gasteiger partial charge < -0.3 is 19.9 Å². The molecule has 9 nitrogen and oxygen atoms in total. The minimum Gasteiger partial charge on any atom is -0.493 e.